The van der Waals surface area contributed by atoms with Crippen LogP contribution in [0.2, 0.25) is 0 Å². The van der Waals surface area contributed by atoms with Crippen LogP contribution < -0.4 is 5.32 Å². The summed E-state index contributed by atoms with van der Waals surface area (Å²) in [6.07, 6.45) is 8.98. The Morgan fingerprint density at radius 3 is 2.83 bits per heavy atom. The molecule has 0 radical (unpaired) electrons. The van der Waals surface area contributed by atoms with E-state index in [1.165, 1.54) is 19.3 Å². The van der Waals surface area contributed by atoms with Crippen molar-refractivity contribution < 1.29 is 4.79 Å². The number of urea groups is 1. The van der Waals surface area contributed by atoms with Crippen molar-refractivity contribution in [1.82, 2.24) is 25.1 Å². The van der Waals surface area contributed by atoms with Crippen LogP contribution in [0.15, 0.2) is 6.33 Å². The van der Waals surface area contributed by atoms with Crippen molar-refractivity contribution in [3.63, 3.8) is 0 Å². The van der Waals surface area contributed by atoms with Crippen molar-refractivity contribution in [1.29, 1.82) is 0 Å². The normalized spacial score (nSPS) is 28.3. The number of amides is 2. The summed E-state index contributed by atoms with van der Waals surface area (Å²) < 4.78 is 0. The molecule has 2 bridgehead atoms. The average molecular weight is 331 g/mol. The molecule has 2 atom stereocenters. The fourth-order valence-corrected chi connectivity index (χ4v) is 4.64. The monoisotopic (exact) mass is 331 g/mol. The van der Waals surface area contributed by atoms with Crippen molar-refractivity contribution in [2.45, 2.75) is 64.1 Å². The first kappa shape index (κ1) is 15.9. The van der Waals surface area contributed by atoms with E-state index in [1.54, 1.807) is 6.33 Å². The van der Waals surface area contributed by atoms with E-state index in [0.29, 0.717) is 18.0 Å². The minimum absolute atomic E-state index is 0.175. The minimum atomic E-state index is 0.175. The number of nitrogens with zero attached hydrogens (tertiary/aromatic N) is 3. The highest BCUT2D eigenvalue weighted by atomic mass is 16.2. The second-order valence-electron chi connectivity index (χ2n) is 7.85. The third-order valence-electron chi connectivity index (χ3n) is 6.04. The number of aromatic amines is 1. The van der Waals surface area contributed by atoms with Gasteiger partial charge in [0.15, 0.2) is 0 Å². The molecule has 5 rings (SSSR count). The number of H-pyrrole nitrogens is 1. The molecule has 6 nitrogen and oxygen atoms in total. The topological polar surface area (TPSA) is 64.3 Å². The van der Waals surface area contributed by atoms with Gasteiger partial charge in [0.2, 0.25) is 0 Å². The lowest BCUT2D eigenvalue weighted by atomic mass is 9.95. The molecule has 0 unspecified atom stereocenters. The number of carbonyl (C=O) groups excluding carboxylic acids is 1. The van der Waals surface area contributed by atoms with Crippen LogP contribution in [0.3, 0.4) is 0 Å². The summed E-state index contributed by atoms with van der Waals surface area (Å²) in [6.45, 7) is 5.94. The van der Waals surface area contributed by atoms with Crippen LogP contribution >= 0.6 is 0 Å². The summed E-state index contributed by atoms with van der Waals surface area (Å²) in [4.78, 5) is 25.0. The number of hydrogen-bond donors (Lipinski definition) is 2. The van der Waals surface area contributed by atoms with Gasteiger partial charge in [-0.05, 0) is 38.5 Å². The van der Waals surface area contributed by atoms with Gasteiger partial charge < -0.3 is 15.2 Å². The van der Waals surface area contributed by atoms with E-state index in [1.807, 2.05) is 0 Å². The number of hydrogen-bond acceptors (Lipinski definition) is 3. The van der Waals surface area contributed by atoms with E-state index < -0.39 is 0 Å². The highest BCUT2D eigenvalue weighted by Gasteiger charge is 2.38. The Labute approximate surface area is 144 Å². The second kappa shape index (κ2) is 6.75. The number of rotatable bonds is 3. The molecular formula is C18H29N5O. The molecule has 3 aliphatic heterocycles. The number of aryl methyl sites for hydroxylation is 1. The van der Waals surface area contributed by atoms with E-state index in [4.69, 9.17) is 0 Å². The Kier molecular flexibility index (Phi) is 4.48. The van der Waals surface area contributed by atoms with Crippen molar-refractivity contribution in [3.05, 3.63) is 17.7 Å². The zero-order valence-electron chi connectivity index (χ0n) is 14.6. The molecule has 4 heterocycles. The molecule has 0 aromatic carbocycles. The lowest BCUT2D eigenvalue weighted by Crippen LogP contribution is -2.53. The van der Waals surface area contributed by atoms with Crippen molar-refractivity contribution >= 4 is 6.03 Å². The number of fused-ring (bicyclic) bond motifs is 4. The molecular weight excluding hydrogens is 302 g/mol. The Morgan fingerprint density at radius 1 is 1.25 bits per heavy atom. The first-order valence-electron chi connectivity index (χ1n) is 9.47. The van der Waals surface area contributed by atoms with Crippen LogP contribution in [-0.4, -0.2) is 57.5 Å². The molecule has 6 heteroatoms. The molecule has 1 saturated carbocycles. The lowest BCUT2D eigenvalue weighted by molar-refractivity contribution is 0.137. The summed E-state index contributed by atoms with van der Waals surface area (Å²) in [7, 11) is 0. The zero-order chi connectivity index (χ0) is 16.5. The first-order valence-corrected chi connectivity index (χ1v) is 9.47. The Morgan fingerprint density at radius 2 is 2.08 bits per heavy atom. The predicted octanol–water partition coefficient (Wildman–Crippen LogP) is 2.27. The van der Waals surface area contributed by atoms with Gasteiger partial charge in [-0.15, -0.1) is 0 Å². The number of aromatic nitrogens is 2. The van der Waals surface area contributed by atoms with Crippen LogP contribution in [0, 0.1) is 12.8 Å². The first-order chi connectivity index (χ1) is 11.7. The van der Waals surface area contributed by atoms with Gasteiger partial charge >= 0.3 is 6.03 Å². The molecule has 1 aromatic heterocycles. The van der Waals surface area contributed by atoms with Gasteiger partial charge in [0, 0.05) is 44.0 Å². The Bertz CT molecular complexity index is 580. The van der Waals surface area contributed by atoms with Crippen LogP contribution in [0.5, 0.6) is 0 Å². The Hall–Kier alpha value is -1.56. The summed E-state index contributed by atoms with van der Waals surface area (Å²) in [5.74, 6) is 0.595. The molecule has 2 amide bonds. The average Bonchev–Trinajstić information content (AvgIpc) is 3.12. The van der Waals surface area contributed by atoms with Gasteiger partial charge in [0.25, 0.3) is 0 Å². The molecule has 4 aliphatic rings. The number of carbonyl (C=O) groups is 1. The summed E-state index contributed by atoms with van der Waals surface area (Å²) >= 11 is 0. The van der Waals surface area contributed by atoms with Crippen molar-refractivity contribution in [2.75, 3.05) is 19.6 Å². The van der Waals surface area contributed by atoms with E-state index in [0.717, 1.165) is 56.8 Å². The molecule has 2 N–H and O–H groups in total. The Balaban J connectivity index is 1.40. The smallest absolute Gasteiger partial charge is 0.317 e. The largest absolute Gasteiger partial charge is 0.348 e. The number of nitrogens with one attached hydrogen (secondary N) is 2. The predicted molar refractivity (Wildman–Crippen MR) is 92.6 cm³/mol. The van der Waals surface area contributed by atoms with Gasteiger partial charge in [-0.3, -0.25) is 4.90 Å². The molecule has 4 fully saturated rings. The molecule has 0 spiro atoms. The lowest BCUT2D eigenvalue weighted by Gasteiger charge is -2.36. The van der Waals surface area contributed by atoms with Gasteiger partial charge in [-0.25, -0.2) is 9.78 Å². The third kappa shape index (κ3) is 3.29. The van der Waals surface area contributed by atoms with E-state index in [-0.39, 0.29) is 6.03 Å². The maximum absolute atomic E-state index is 12.8. The van der Waals surface area contributed by atoms with Crippen LogP contribution in [0.25, 0.3) is 0 Å². The molecule has 1 aromatic rings. The van der Waals surface area contributed by atoms with E-state index in [2.05, 4.69) is 32.0 Å². The van der Waals surface area contributed by atoms with Crippen LogP contribution in [0.1, 0.15) is 49.9 Å². The quantitative estimate of drug-likeness (QED) is 0.893. The fourth-order valence-electron chi connectivity index (χ4n) is 4.64. The highest BCUT2D eigenvalue weighted by Crippen LogP contribution is 2.29. The highest BCUT2D eigenvalue weighted by molar-refractivity contribution is 5.75. The maximum atomic E-state index is 12.8. The summed E-state index contributed by atoms with van der Waals surface area (Å²) in [6, 6.07) is 0.931. The van der Waals surface area contributed by atoms with E-state index >= 15 is 0 Å². The molecule has 132 valence electrons. The van der Waals surface area contributed by atoms with Crippen LogP contribution in [0.4, 0.5) is 4.79 Å². The van der Waals surface area contributed by atoms with Crippen molar-refractivity contribution in [3.8, 4) is 0 Å². The zero-order valence-corrected chi connectivity index (χ0v) is 14.6. The SMILES string of the molecule is Cc1[nH]cnc1CN1C[C@@H]2CC[C@H](C1)N(C(=O)NC1CCCC1)C2. The van der Waals surface area contributed by atoms with Gasteiger partial charge in [0.1, 0.15) is 0 Å². The second-order valence-corrected chi connectivity index (χ2v) is 7.85. The summed E-state index contributed by atoms with van der Waals surface area (Å²) in [5, 5.41) is 3.28. The maximum Gasteiger partial charge on any atom is 0.317 e. The molecule has 1 aliphatic carbocycles. The molecule has 3 saturated heterocycles. The third-order valence-corrected chi connectivity index (χ3v) is 6.04. The van der Waals surface area contributed by atoms with Gasteiger partial charge in [-0.1, -0.05) is 12.8 Å². The number of imidazole rings is 1. The van der Waals surface area contributed by atoms with Crippen molar-refractivity contribution in [2.24, 2.45) is 5.92 Å². The molecule has 24 heavy (non-hydrogen) atoms. The fraction of sp³-hybridized carbons (Fsp3) is 0.778. The van der Waals surface area contributed by atoms with Gasteiger partial charge in [-0.2, -0.15) is 0 Å². The van der Waals surface area contributed by atoms with Crippen LogP contribution in [-0.2, 0) is 6.54 Å². The van der Waals surface area contributed by atoms with E-state index in [9.17, 15) is 4.79 Å². The number of piperidine rings is 1. The summed E-state index contributed by atoms with van der Waals surface area (Å²) in [5.41, 5.74) is 2.29. The standard InChI is InChI=1S/C18H29N5O/c1-13-17(20-12-19-13)11-22-8-14-6-7-16(10-22)23(9-14)18(24)21-15-4-2-3-5-15/h12,14-16H,2-11H2,1H3,(H,19,20)(H,21,24)/t14-,16+/m0/s1. The van der Waals surface area contributed by atoms with Gasteiger partial charge in [0.05, 0.1) is 12.0 Å². The minimum Gasteiger partial charge on any atom is -0.348 e.